The topological polar surface area (TPSA) is 102 Å². The molecule has 3 aromatic carbocycles. The van der Waals surface area contributed by atoms with E-state index < -0.39 is 27.2 Å². The molecule has 0 amide bonds. The summed E-state index contributed by atoms with van der Waals surface area (Å²) in [5.41, 5.74) is 7.77. The van der Waals surface area contributed by atoms with Crippen molar-refractivity contribution in [3.63, 3.8) is 0 Å². The van der Waals surface area contributed by atoms with Crippen molar-refractivity contribution >= 4 is 21.4 Å². The molecule has 0 radical (unpaired) electrons. The van der Waals surface area contributed by atoms with Crippen LogP contribution in [0, 0.1) is 11.6 Å². The lowest BCUT2D eigenvalue weighted by Crippen LogP contribution is -2.49. The van der Waals surface area contributed by atoms with E-state index in [1.807, 2.05) is 11.0 Å². The largest absolute Gasteiger partial charge is 0.399 e. The molecule has 0 saturated carbocycles. The lowest BCUT2D eigenvalue weighted by Gasteiger charge is -2.36. The molecule has 0 atom stereocenters. The monoisotopic (exact) mass is 537 g/mol. The van der Waals surface area contributed by atoms with Gasteiger partial charge in [-0.05, 0) is 35.4 Å². The second-order valence-electron chi connectivity index (χ2n) is 9.00. The van der Waals surface area contributed by atoms with Gasteiger partial charge < -0.3 is 10.6 Å². The molecule has 8 nitrogen and oxygen atoms in total. The van der Waals surface area contributed by atoms with Crippen LogP contribution in [0.15, 0.2) is 83.8 Å². The molecular formula is C27H25F2N5O3S. The predicted octanol–water partition coefficient (Wildman–Crippen LogP) is 3.41. The highest BCUT2D eigenvalue weighted by Crippen LogP contribution is 2.29. The summed E-state index contributed by atoms with van der Waals surface area (Å²) in [4.78, 5) is 15.5. The molecule has 0 bridgehead atoms. The van der Waals surface area contributed by atoms with Crippen LogP contribution < -0.4 is 16.2 Å². The lowest BCUT2D eigenvalue weighted by atomic mass is 10.1. The van der Waals surface area contributed by atoms with Gasteiger partial charge in [0.25, 0.3) is 5.56 Å². The third-order valence-electron chi connectivity index (χ3n) is 6.41. The quantitative estimate of drug-likeness (QED) is 0.379. The molecule has 1 aromatic heterocycles. The van der Waals surface area contributed by atoms with E-state index in [0.717, 1.165) is 22.9 Å². The number of nitrogens with two attached hydrogens (primary N) is 1. The molecule has 0 spiro atoms. The number of piperazine rings is 1. The Bertz CT molecular complexity index is 1600. The summed E-state index contributed by atoms with van der Waals surface area (Å²) >= 11 is 0. The van der Waals surface area contributed by atoms with Crippen molar-refractivity contribution in [2.45, 2.75) is 5.75 Å². The van der Waals surface area contributed by atoms with E-state index in [-0.39, 0.29) is 24.5 Å². The standard InChI is InChI=1S/C27H25F2N5O3S/c28-21-14-22(29)16-24(15-21)34-27(35)26(20-4-2-1-3-5-20)25(17-31-34)32-10-12-33(13-11-32)38(36,37)18-19-6-8-23(30)9-7-19/h1-9,14-17H,10-13,18,30H2. The molecule has 11 heteroatoms. The van der Waals surface area contributed by atoms with Crippen molar-refractivity contribution in [3.8, 4) is 16.8 Å². The molecule has 2 heterocycles. The van der Waals surface area contributed by atoms with Crippen LogP contribution >= 0.6 is 0 Å². The molecule has 2 N–H and O–H groups in total. The summed E-state index contributed by atoms with van der Waals surface area (Å²) in [7, 11) is -3.56. The number of benzene rings is 3. The maximum Gasteiger partial charge on any atom is 0.281 e. The number of rotatable bonds is 6. The number of aromatic nitrogens is 2. The number of halogens is 2. The molecule has 5 rings (SSSR count). The van der Waals surface area contributed by atoms with Crippen molar-refractivity contribution in [2.24, 2.45) is 0 Å². The van der Waals surface area contributed by atoms with Gasteiger partial charge in [0.1, 0.15) is 11.6 Å². The Morgan fingerprint density at radius 3 is 2.13 bits per heavy atom. The SMILES string of the molecule is Nc1ccc(CS(=O)(=O)N2CCN(c3cnn(-c4cc(F)cc(F)c4)c(=O)c3-c3ccccc3)CC2)cc1. The number of sulfonamides is 1. The van der Waals surface area contributed by atoms with E-state index in [0.29, 0.717) is 41.2 Å². The van der Waals surface area contributed by atoms with Crippen molar-refractivity contribution in [3.05, 3.63) is 107 Å². The van der Waals surface area contributed by atoms with E-state index in [1.54, 1.807) is 48.5 Å². The van der Waals surface area contributed by atoms with Crippen LogP contribution in [0.25, 0.3) is 16.8 Å². The molecule has 196 valence electrons. The van der Waals surface area contributed by atoms with E-state index in [2.05, 4.69) is 5.10 Å². The number of nitrogen functional groups attached to an aromatic ring is 1. The van der Waals surface area contributed by atoms with Crippen LogP contribution in [0.5, 0.6) is 0 Å². The predicted molar refractivity (Wildman–Crippen MR) is 142 cm³/mol. The minimum Gasteiger partial charge on any atom is -0.399 e. The van der Waals surface area contributed by atoms with Crippen LogP contribution in [-0.2, 0) is 15.8 Å². The first-order valence-electron chi connectivity index (χ1n) is 11.9. The van der Waals surface area contributed by atoms with E-state index in [9.17, 15) is 22.0 Å². The molecule has 1 aliphatic heterocycles. The highest BCUT2D eigenvalue weighted by atomic mass is 32.2. The van der Waals surface area contributed by atoms with Gasteiger partial charge in [0, 0.05) is 37.9 Å². The van der Waals surface area contributed by atoms with E-state index >= 15 is 0 Å². The Balaban J connectivity index is 1.44. The highest BCUT2D eigenvalue weighted by molar-refractivity contribution is 7.88. The summed E-state index contributed by atoms with van der Waals surface area (Å²) in [5, 5.41) is 4.21. The van der Waals surface area contributed by atoms with Gasteiger partial charge in [-0.15, -0.1) is 0 Å². The molecular weight excluding hydrogens is 512 g/mol. The molecule has 1 saturated heterocycles. The van der Waals surface area contributed by atoms with Gasteiger partial charge in [0.15, 0.2) is 0 Å². The maximum absolute atomic E-state index is 13.9. The van der Waals surface area contributed by atoms with Crippen LogP contribution in [0.2, 0.25) is 0 Å². The van der Waals surface area contributed by atoms with Gasteiger partial charge in [-0.2, -0.15) is 14.1 Å². The Hall–Kier alpha value is -4.09. The van der Waals surface area contributed by atoms with Crippen LogP contribution in [-0.4, -0.2) is 48.7 Å². The van der Waals surface area contributed by atoms with E-state index in [1.165, 1.54) is 10.5 Å². The van der Waals surface area contributed by atoms with Crippen molar-refractivity contribution in [1.82, 2.24) is 14.1 Å². The first-order chi connectivity index (χ1) is 18.2. The number of hydrogen-bond acceptors (Lipinski definition) is 6. The summed E-state index contributed by atoms with van der Waals surface area (Å²) in [6.45, 7) is 1.12. The smallest absolute Gasteiger partial charge is 0.281 e. The molecule has 0 unspecified atom stereocenters. The minimum absolute atomic E-state index is 0.0326. The van der Waals surface area contributed by atoms with Gasteiger partial charge in [0.2, 0.25) is 10.0 Å². The zero-order valence-corrected chi connectivity index (χ0v) is 21.1. The Kier molecular flexibility index (Phi) is 6.96. The number of hydrogen-bond donors (Lipinski definition) is 1. The van der Waals surface area contributed by atoms with Crippen molar-refractivity contribution in [1.29, 1.82) is 0 Å². The average Bonchev–Trinajstić information content (AvgIpc) is 2.90. The normalized spacial score (nSPS) is 14.5. The summed E-state index contributed by atoms with van der Waals surface area (Å²) in [6.07, 6.45) is 1.48. The molecule has 1 aliphatic rings. The van der Waals surface area contributed by atoms with Gasteiger partial charge in [-0.3, -0.25) is 4.79 Å². The Morgan fingerprint density at radius 1 is 0.868 bits per heavy atom. The van der Waals surface area contributed by atoms with Crippen LogP contribution in [0.3, 0.4) is 0 Å². The summed E-state index contributed by atoms with van der Waals surface area (Å²) in [5.74, 6) is -1.78. The number of nitrogens with zero attached hydrogens (tertiary/aromatic N) is 4. The second kappa shape index (κ2) is 10.3. The fourth-order valence-electron chi connectivity index (χ4n) is 4.53. The van der Waals surface area contributed by atoms with Crippen molar-refractivity contribution in [2.75, 3.05) is 36.8 Å². The average molecular weight is 538 g/mol. The summed E-state index contributed by atoms with van der Waals surface area (Å²) in [6, 6.07) is 18.4. The zero-order chi connectivity index (χ0) is 26.9. The molecule has 0 aliphatic carbocycles. The second-order valence-corrected chi connectivity index (χ2v) is 11.0. The van der Waals surface area contributed by atoms with E-state index in [4.69, 9.17) is 5.73 Å². The fourth-order valence-corrected chi connectivity index (χ4v) is 6.05. The van der Waals surface area contributed by atoms with Gasteiger partial charge in [-0.25, -0.2) is 17.2 Å². The zero-order valence-electron chi connectivity index (χ0n) is 20.3. The third-order valence-corrected chi connectivity index (χ3v) is 8.26. The van der Waals surface area contributed by atoms with Crippen LogP contribution in [0.4, 0.5) is 20.2 Å². The Labute approximate surface area is 218 Å². The highest BCUT2D eigenvalue weighted by Gasteiger charge is 2.29. The first-order valence-corrected chi connectivity index (χ1v) is 13.5. The maximum atomic E-state index is 13.9. The summed E-state index contributed by atoms with van der Waals surface area (Å²) < 4.78 is 56.2. The van der Waals surface area contributed by atoms with Crippen LogP contribution in [0.1, 0.15) is 5.56 Å². The number of anilines is 2. The third kappa shape index (κ3) is 5.29. The van der Waals surface area contributed by atoms with Gasteiger partial charge in [-0.1, -0.05) is 42.5 Å². The Morgan fingerprint density at radius 2 is 1.50 bits per heavy atom. The van der Waals surface area contributed by atoms with Gasteiger partial charge >= 0.3 is 0 Å². The van der Waals surface area contributed by atoms with Gasteiger partial charge in [0.05, 0.1) is 28.9 Å². The minimum atomic E-state index is -3.56. The molecule has 38 heavy (non-hydrogen) atoms. The molecule has 1 fully saturated rings. The molecule has 4 aromatic rings. The lowest BCUT2D eigenvalue weighted by molar-refractivity contribution is 0.384. The van der Waals surface area contributed by atoms with Crippen molar-refractivity contribution < 1.29 is 17.2 Å². The first kappa shape index (κ1) is 25.6. The fraction of sp³-hybridized carbons (Fsp3) is 0.185.